The van der Waals surface area contributed by atoms with Gasteiger partial charge in [-0.05, 0) is 103 Å². The molecule has 1 heterocycles. The number of aliphatic hydroxyl groups is 5. The Balaban J connectivity index is 1.89. The fourth-order valence-electron chi connectivity index (χ4n) is 12.2. The summed E-state index contributed by atoms with van der Waals surface area (Å²) in [7, 11) is 0. The minimum Gasteiger partial charge on any atom is -0.466 e. The van der Waals surface area contributed by atoms with Crippen LogP contribution < -0.4 is 5.32 Å². The van der Waals surface area contributed by atoms with E-state index in [9.17, 15) is 35.1 Å². The van der Waals surface area contributed by atoms with Crippen molar-refractivity contribution in [3.8, 4) is 0 Å². The van der Waals surface area contributed by atoms with E-state index in [0.717, 1.165) is 64.2 Å². The SMILES string of the molecule is CCCCCC/C=C/CC/C=C/C(O)C(COC1OC(CO)C(O)C(O)C1O)NC(=O)CCCCCCCCCCCCCCCCCCC/C=C\C/C=C\CCCCCCCCCCCCCCCOC(=O)CCCCCCC/C=C\CCCCCCCCC. The van der Waals surface area contributed by atoms with E-state index in [1.165, 1.54) is 283 Å². The van der Waals surface area contributed by atoms with Crippen molar-refractivity contribution >= 4 is 11.9 Å². The lowest BCUT2D eigenvalue weighted by Gasteiger charge is -2.40. The van der Waals surface area contributed by atoms with E-state index in [1.807, 2.05) is 6.08 Å². The van der Waals surface area contributed by atoms with Gasteiger partial charge in [-0.15, -0.1) is 0 Å². The molecule has 0 aromatic carbocycles. The maximum Gasteiger partial charge on any atom is 0.305 e. The Hall–Kier alpha value is -2.64. The number of hydrogen-bond acceptors (Lipinski definition) is 10. The van der Waals surface area contributed by atoms with Crippen molar-refractivity contribution in [2.24, 2.45) is 0 Å². The highest BCUT2D eigenvalue weighted by Gasteiger charge is 2.44. The van der Waals surface area contributed by atoms with Crippen LogP contribution in [0.2, 0.25) is 0 Å². The molecule has 11 heteroatoms. The summed E-state index contributed by atoms with van der Waals surface area (Å²) in [6.07, 6.45) is 82.6. The number of carbonyl (C=O) groups is 2. The number of ether oxygens (including phenoxy) is 3. The third-order valence-corrected chi connectivity index (χ3v) is 18.3. The molecular weight excluding hydrogens is 1130 g/mol. The van der Waals surface area contributed by atoms with E-state index in [-0.39, 0.29) is 18.5 Å². The molecule has 0 bridgehead atoms. The average molecular weight is 1280 g/mol. The van der Waals surface area contributed by atoms with Crippen LogP contribution in [0.4, 0.5) is 0 Å². The number of nitrogens with one attached hydrogen (secondary N) is 1. The molecule has 1 rings (SSSR count). The molecule has 1 aliphatic rings. The fraction of sp³-hybridized carbons (Fsp3) is 0.850. The maximum atomic E-state index is 13.0. The molecule has 1 fully saturated rings. The van der Waals surface area contributed by atoms with Gasteiger partial charge in [0.25, 0.3) is 0 Å². The lowest BCUT2D eigenvalue weighted by atomic mass is 9.99. The van der Waals surface area contributed by atoms with E-state index in [0.29, 0.717) is 19.4 Å². The van der Waals surface area contributed by atoms with Gasteiger partial charge in [0.2, 0.25) is 5.91 Å². The molecule has 0 radical (unpaired) electrons. The molecular formula is C80H147NO10. The first-order valence-corrected chi connectivity index (χ1v) is 39.1. The number of amides is 1. The molecule has 0 aromatic heterocycles. The Labute approximate surface area is 560 Å². The second kappa shape index (κ2) is 68.7. The highest BCUT2D eigenvalue weighted by atomic mass is 16.7. The van der Waals surface area contributed by atoms with Crippen LogP contribution in [0, 0.1) is 0 Å². The first-order valence-electron chi connectivity index (χ1n) is 39.1. The molecule has 91 heavy (non-hydrogen) atoms. The molecule has 0 spiro atoms. The minimum absolute atomic E-state index is 0.00513. The topological polar surface area (TPSA) is 175 Å². The Bertz CT molecular complexity index is 1700. The van der Waals surface area contributed by atoms with Gasteiger partial charge in [0.15, 0.2) is 6.29 Å². The molecule has 0 aromatic rings. The minimum atomic E-state index is -1.58. The normalized spacial score (nSPS) is 17.9. The molecule has 0 saturated carbocycles. The average Bonchev–Trinajstić information content (AvgIpc) is 1.35. The van der Waals surface area contributed by atoms with Gasteiger partial charge in [-0.2, -0.15) is 0 Å². The zero-order valence-corrected chi connectivity index (χ0v) is 59.3. The van der Waals surface area contributed by atoms with Crippen LogP contribution in [0.5, 0.6) is 0 Å². The van der Waals surface area contributed by atoms with Gasteiger partial charge in [0, 0.05) is 12.8 Å². The van der Waals surface area contributed by atoms with E-state index >= 15 is 0 Å². The van der Waals surface area contributed by atoms with Gasteiger partial charge in [-0.1, -0.05) is 319 Å². The summed E-state index contributed by atoms with van der Waals surface area (Å²) in [6.45, 7) is 4.32. The van der Waals surface area contributed by atoms with Gasteiger partial charge in [-0.25, -0.2) is 0 Å². The van der Waals surface area contributed by atoms with Gasteiger partial charge in [-0.3, -0.25) is 9.59 Å². The van der Waals surface area contributed by atoms with Crippen molar-refractivity contribution in [1.82, 2.24) is 5.32 Å². The largest absolute Gasteiger partial charge is 0.466 e. The lowest BCUT2D eigenvalue weighted by Crippen LogP contribution is -2.60. The summed E-state index contributed by atoms with van der Waals surface area (Å²) >= 11 is 0. The Morgan fingerprint density at radius 1 is 0.407 bits per heavy atom. The molecule has 1 aliphatic heterocycles. The monoisotopic (exact) mass is 1280 g/mol. The second-order valence-corrected chi connectivity index (χ2v) is 27.0. The van der Waals surface area contributed by atoms with Gasteiger partial charge in [0.05, 0.1) is 32.0 Å². The lowest BCUT2D eigenvalue weighted by molar-refractivity contribution is -0.302. The van der Waals surface area contributed by atoms with Crippen LogP contribution in [-0.2, 0) is 23.8 Å². The number of carbonyl (C=O) groups excluding carboxylic acids is 2. The first-order chi connectivity index (χ1) is 44.7. The standard InChI is InChI=1S/C80H147NO10/c1-3-5-7-9-11-13-15-16-17-42-45-48-52-56-60-64-68-76(85)89-69-65-61-57-53-49-46-43-40-38-36-34-32-30-28-26-24-22-20-18-19-21-23-25-27-29-31-33-35-37-39-41-44-47-51-55-59-63-67-75(84)81-72(71-90-80-79(88)78(87)77(86)74(70-82)91-80)73(83)66-62-58-54-50-14-12-10-8-6-4-2/h14,17-18,20,24,26,42,50,62,66,72-74,77-80,82-83,86-88H,3-13,15-16,19,21-23,25,27-41,43-49,51-61,63-65,67-71H2,1-2H3,(H,81,84)/b20-18-,26-24-,42-17-,50-14+,66-62+. The fourth-order valence-corrected chi connectivity index (χ4v) is 12.2. The predicted molar refractivity (Wildman–Crippen MR) is 384 cm³/mol. The summed E-state index contributed by atoms with van der Waals surface area (Å²) < 4.78 is 16.7. The van der Waals surface area contributed by atoms with Crippen molar-refractivity contribution < 1.29 is 49.3 Å². The molecule has 7 atom stereocenters. The Kier molecular flexibility index (Phi) is 65.2. The van der Waals surface area contributed by atoms with Crippen molar-refractivity contribution in [2.45, 2.75) is 416 Å². The number of unbranched alkanes of at least 4 members (excludes halogenated alkanes) is 47. The highest BCUT2D eigenvalue weighted by Crippen LogP contribution is 2.23. The van der Waals surface area contributed by atoms with Gasteiger partial charge >= 0.3 is 5.97 Å². The van der Waals surface area contributed by atoms with E-state index < -0.39 is 49.5 Å². The van der Waals surface area contributed by atoms with Crippen molar-refractivity contribution in [2.75, 3.05) is 19.8 Å². The first kappa shape index (κ1) is 86.4. The zero-order chi connectivity index (χ0) is 65.8. The van der Waals surface area contributed by atoms with Crippen molar-refractivity contribution in [3.05, 3.63) is 60.8 Å². The van der Waals surface area contributed by atoms with Crippen LogP contribution >= 0.6 is 0 Å². The van der Waals surface area contributed by atoms with Crippen LogP contribution in [-0.4, -0.2) is 100 Å². The quantitative estimate of drug-likeness (QED) is 0.0195. The molecule has 0 aliphatic carbocycles. The van der Waals surface area contributed by atoms with Gasteiger partial charge < -0.3 is 45.1 Å². The summed E-state index contributed by atoms with van der Waals surface area (Å²) in [6, 6.07) is -0.825. The number of aliphatic hydroxyl groups excluding tert-OH is 5. The maximum absolute atomic E-state index is 13.0. The Morgan fingerprint density at radius 3 is 1.16 bits per heavy atom. The van der Waals surface area contributed by atoms with Crippen molar-refractivity contribution in [1.29, 1.82) is 0 Å². The highest BCUT2D eigenvalue weighted by molar-refractivity contribution is 5.76. The molecule has 6 N–H and O–H groups in total. The summed E-state index contributed by atoms with van der Waals surface area (Å²) in [5.41, 5.74) is 0. The summed E-state index contributed by atoms with van der Waals surface area (Å²) in [4.78, 5) is 25.1. The van der Waals surface area contributed by atoms with E-state index in [2.05, 4.69) is 67.8 Å². The van der Waals surface area contributed by atoms with Crippen LogP contribution in [0.25, 0.3) is 0 Å². The second-order valence-electron chi connectivity index (χ2n) is 27.0. The third kappa shape index (κ3) is 57.3. The van der Waals surface area contributed by atoms with E-state index in [4.69, 9.17) is 14.2 Å². The third-order valence-electron chi connectivity index (χ3n) is 18.3. The summed E-state index contributed by atoms with van der Waals surface area (Å²) in [5, 5.41) is 54.4. The van der Waals surface area contributed by atoms with Crippen LogP contribution in [0.1, 0.15) is 373 Å². The molecule has 11 nitrogen and oxygen atoms in total. The van der Waals surface area contributed by atoms with Crippen LogP contribution in [0.3, 0.4) is 0 Å². The number of esters is 1. The molecule has 1 saturated heterocycles. The van der Waals surface area contributed by atoms with Crippen molar-refractivity contribution in [3.63, 3.8) is 0 Å². The molecule has 7 unspecified atom stereocenters. The smallest absolute Gasteiger partial charge is 0.305 e. The van der Waals surface area contributed by atoms with Gasteiger partial charge in [0.1, 0.15) is 24.4 Å². The zero-order valence-electron chi connectivity index (χ0n) is 59.3. The number of rotatable bonds is 69. The number of hydrogen-bond donors (Lipinski definition) is 6. The summed E-state index contributed by atoms with van der Waals surface area (Å²) in [5.74, 6) is -0.185. The molecule has 532 valence electrons. The number of allylic oxidation sites excluding steroid dienone is 9. The van der Waals surface area contributed by atoms with Crippen LogP contribution in [0.15, 0.2) is 60.8 Å². The Morgan fingerprint density at radius 2 is 0.747 bits per heavy atom. The predicted octanol–water partition coefficient (Wildman–Crippen LogP) is 20.9. The molecule has 1 amide bonds. The van der Waals surface area contributed by atoms with E-state index in [1.54, 1.807) is 6.08 Å².